The summed E-state index contributed by atoms with van der Waals surface area (Å²) in [7, 11) is 0. The topological polar surface area (TPSA) is 56.2 Å². The van der Waals surface area contributed by atoms with E-state index in [9.17, 15) is 4.79 Å². The standard InChI is InChI=1S/C22H25N3O2/c1-17-19(16-25(24-17)20-11-5-3-6-12-20)10-9-15-23-22(26)18(2)27-21-13-7-4-8-14-21/h3-8,11-14,16,18H,9-10,15H2,1-2H3,(H,23,26). The lowest BCUT2D eigenvalue weighted by Gasteiger charge is -2.14. The summed E-state index contributed by atoms with van der Waals surface area (Å²) in [6, 6.07) is 19.4. The molecule has 140 valence electrons. The van der Waals surface area contributed by atoms with E-state index in [1.807, 2.05) is 72.3 Å². The lowest BCUT2D eigenvalue weighted by atomic mass is 10.1. The zero-order chi connectivity index (χ0) is 19.1. The molecular weight excluding hydrogens is 338 g/mol. The van der Waals surface area contributed by atoms with Crippen molar-refractivity contribution in [2.24, 2.45) is 0 Å². The third-order valence-corrected chi connectivity index (χ3v) is 4.37. The van der Waals surface area contributed by atoms with E-state index in [2.05, 4.69) is 16.6 Å². The summed E-state index contributed by atoms with van der Waals surface area (Å²) in [6.45, 7) is 4.39. The second kappa shape index (κ2) is 9.03. The molecule has 1 heterocycles. The molecule has 1 N–H and O–H groups in total. The van der Waals surface area contributed by atoms with Crippen LogP contribution in [0.25, 0.3) is 5.69 Å². The second-order valence-corrected chi connectivity index (χ2v) is 6.49. The van der Waals surface area contributed by atoms with Gasteiger partial charge in [0.2, 0.25) is 0 Å². The number of amides is 1. The molecule has 0 aliphatic heterocycles. The molecule has 1 aromatic heterocycles. The maximum absolute atomic E-state index is 12.2. The average molecular weight is 363 g/mol. The molecule has 0 bridgehead atoms. The van der Waals surface area contributed by atoms with Crippen LogP contribution in [0.3, 0.4) is 0 Å². The van der Waals surface area contributed by atoms with Crippen molar-refractivity contribution in [1.82, 2.24) is 15.1 Å². The van der Waals surface area contributed by atoms with Crippen LogP contribution in [0.15, 0.2) is 66.9 Å². The first-order valence-electron chi connectivity index (χ1n) is 9.23. The van der Waals surface area contributed by atoms with E-state index in [1.54, 1.807) is 6.92 Å². The highest BCUT2D eigenvalue weighted by molar-refractivity contribution is 5.80. The maximum atomic E-state index is 12.2. The summed E-state index contributed by atoms with van der Waals surface area (Å²) in [5.41, 5.74) is 3.26. The van der Waals surface area contributed by atoms with Crippen LogP contribution in [0.4, 0.5) is 0 Å². The Bertz CT molecular complexity index is 860. The summed E-state index contributed by atoms with van der Waals surface area (Å²) < 4.78 is 7.54. The molecule has 3 aromatic rings. The molecule has 0 aliphatic rings. The number of benzene rings is 2. The first-order valence-corrected chi connectivity index (χ1v) is 9.23. The van der Waals surface area contributed by atoms with Crippen molar-refractivity contribution in [2.45, 2.75) is 32.8 Å². The van der Waals surface area contributed by atoms with Gasteiger partial charge in [0.25, 0.3) is 5.91 Å². The van der Waals surface area contributed by atoms with E-state index in [-0.39, 0.29) is 5.91 Å². The van der Waals surface area contributed by atoms with E-state index in [0.29, 0.717) is 12.3 Å². The molecule has 2 aromatic carbocycles. The van der Waals surface area contributed by atoms with E-state index in [0.717, 1.165) is 24.2 Å². The van der Waals surface area contributed by atoms with Crippen molar-refractivity contribution in [2.75, 3.05) is 6.54 Å². The number of para-hydroxylation sites is 2. The molecular formula is C22H25N3O2. The van der Waals surface area contributed by atoms with Crippen molar-refractivity contribution in [3.8, 4) is 11.4 Å². The van der Waals surface area contributed by atoms with Gasteiger partial charge in [-0.2, -0.15) is 5.10 Å². The van der Waals surface area contributed by atoms with Crippen molar-refractivity contribution < 1.29 is 9.53 Å². The minimum absolute atomic E-state index is 0.101. The third kappa shape index (κ3) is 5.20. The number of hydrogen-bond acceptors (Lipinski definition) is 3. The Hall–Kier alpha value is -3.08. The molecule has 1 unspecified atom stereocenters. The van der Waals surface area contributed by atoms with Gasteiger partial charge >= 0.3 is 0 Å². The zero-order valence-electron chi connectivity index (χ0n) is 15.8. The van der Waals surface area contributed by atoms with Crippen LogP contribution in [-0.2, 0) is 11.2 Å². The number of nitrogens with zero attached hydrogens (tertiary/aromatic N) is 2. The quantitative estimate of drug-likeness (QED) is 0.621. The van der Waals surface area contributed by atoms with E-state index >= 15 is 0 Å². The molecule has 0 saturated heterocycles. The number of aryl methyl sites for hydroxylation is 2. The summed E-state index contributed by atoms with van der Waals surface area (Å²) in [5.74, 6) is 0.597. The van der Waals surface area contributed by atoms with E-state index < -0.39 is 6.10 Å². The van der Waals surface area contributed by atoms with Gasteiger partial charge in [-0.15, -0.1) is 0 Å². The molecule has 3 rings (SSSR count). The first-order chi connectivity index (χ1) is 13.1. The van der Waals surface area contributed by atoms with Crippen LogP contribution in [0.5, 0.6) is 5.75 Å². The molecule has 0 spiro atoms. The predicted molar refractivity (Wildman–Crippen MR) is 106 cm³/mol. The average Bonchev–Trinajstić information content (AvgIpc) is 3.07. The van der Waals surface area contributed by atoms with Crippen molar-refractivity contribution in [1.29, 1.82) is 0 Å². The summed E-state index contributed by atoms with van der Waals surface area (Å²) in [6.07, 6.45) is 3.26. The Kier molecular flexibility index (Phi) is 6.26. The Morgan fingerprint density at radius 1 is 1.11 bits per heavy atom. The van der Waals surface area contributed by atoms with Gasteiger partial charge in [-0.25, -0.2) is 4.68 Å². The van der Waals surface area contributed by atoms with Crippen molar-refractivity contribution in [3.63, 3.8) is 0 Å². The molecule has 1 amide bonds. The fraction of sp³-hybridized carbons (Fsp3) is 0.273. The monoisotopic (exact) mass is 363 g/mol. The number of carbonyl (C=O) groups is 1. The molecule has 0 fully saturated rings. The lowest BCUT2D eigenvalue weighted by Crippen LogP contribution is -2.36. The van der Waals surface area contributed by atoms with Crippen molar-refractivity contribution >= 4 is 5.91 Å². The number of carbonyl (C=O) groups excluding carboxylic acids is 1. The van der Waals surface area contributed by atoms with Gasteiger partial charge in [-0.3, -0.25) is 4.79 Å². The molecule has 1 atom stereocenters. The van der Waals surface area contributed by atoms with Crippen LogP contribution in [0.2, 0.25) is 0 Å². The summed E-state index contributed by atoms with van der Waals surface area (Å²) >= 11 is 0. The SMILES string of the molecule is Cc1nn(-c2ccccc2)cc1CCCNC(=O)C(C)Oc1ccccc1. The van der Waals surface area contributed by atoms with Gasteiger partial charge in [0, 0.05) is 12.7 Å². The number of aromatic nitrogens is 2. The van der Waals surface area contributed by atoms with Crippen LogP contribution in [-0.4, -0.2) is 28.3 Å². The Labute approximate surface area is 160 Å². The predicted octanol–water partition coefficient (Wildman–Crippen LogP) is 3.70. The normalized spacial score (nSPS) is 11.8. The largest absolute Gasteiger partial charge is 0.481 e. The fourth-order valence-corrected chi connectivity index (χ4v) is 2.85. The van der Waals surface area contributed by atoms with Gasteiger partial charge in [0.1, 0.15) is 5.75 Å². The van der Waals surface area contributed by atoms with Gasteiger partial charge in [-0.05, 0) is 56.5 Å². The number of ether oxygens (including phenoxy) is 1. The van der Waals surface area contributed by atoms with Gasteiger partial charge in [-0.1, -0.05) is 36.4 Å². The molecule has 27 heavy (non-hydrogen) atoms. The second-order valence-electron chi connectivity index (χ2n) is 6.49. The number of rotatable bonds is 8. The van der Waals surface area contributed by atoms with E-state index in [1.165, 1.54) is 5.56 Å². The Morgan fingerprint density at radius 3 is 2.48 bits per heavy atom. The Morgan fingerprint density at radius 2 is 1.78 bits per heavy atom. The van der Waals surface area contributed by atoms with Crippen LogP contribution < -0.4 is 10.1 Å². The highest BCUT2D eigenvalue weighted by Crippen LogP contribution is 2.13. The first kappa shape index (κ1) is 18.7. The Balaban J connectivity index is 1.45. The molecule has 0 radical (unpaired) electrons. The smallest absolute Gasteiger partial charge is 0.260 e. The molecule has 5 nitrogen and oxygen atoms in total. The van der Waals surface area contributed by atoms with Gasteiger partial charge in [0.15, 0.2) is 6.10 Å². The van der Waals surface area contributed by atoms with Crippen LogP contribution in [0, 0.1) is 6.92 Å². The summed E-state index contributed by atoms with van der Waals surface area (Å²) in [4.78, 5) is 12.2. The number of nitrogens with one attached hydrogen (secondary N) is 1. The van der Waals surface area contributed by atoms with Gasteiger partial charge in [0.05, 0.1) is 11.4 Å². The van der Waals surface area contributed by atoms with Gasteiger partial charge < -0.3 is 10.1 Å². The minimum Gasteiger partial charge on any atom is -0.481 e. The molecule has 5 heteroatoms. The minimum atomic E-state index is -0.519. The number of hydrogen-bond donors (Lipinski definition) is 1. The summed E-state index contributed by atoms with van der Waals surface area (Å²) in [5, 5.41) is 7.52. The highest BCUT2D eigenvalue weighted by Gasteiger charge is 2.14. The maximum Gasteiger partial charge on any atom is 0.260 e. The van der Waals surface area contributed by atoms with Crippen LogP contribution >= 0.6 is 0 Å². The van der Waals surface area contributed by atoms with E-state index in [4.69, 9.17) is 4.74 Å². The zero-order valence-corrected chi connectivity index (χ0v) is 15.8. The molecule has 0 saturated carbocycles. The molecule has 0 aliphatic carbocycles. The van der Waals surface area contributed by atoms with Crippen LogP contribution in [0.1, 0.15) is 24.6 Å². The van der Waals surface area contributed by atoms with Crippen molar-refractivity contribution in [3.05, 3.63) is 78.1 Å². The third-order valence-electron chi connectivity index (χ3n) is 4.37. The fourth-order valence-electron chi connectivity index (χ4n) is 2.85. The lowest BCUT2D eigenvalue weighted by molar-refractivity contribution is -0.127. The highest BCUT2D eigenvalue weighted by atomic mass is 16.5.